The predicted molar refractivity (Wildman–Crippen MR) is 116 cm³/mol. The first-order chi connectivity index (χ1) is 15.1. The molecule has 162 valence electrons. The normalized spacial score (nSPS) is 24.8. The number of urea groups is 1. The van der Waals surface area contributed by atoms with Gasteiger partial charge in [-0.05, 0) is 60.9 Å². The van der Waals surface area contributed by atoms with Crippen molar-refractivity contribution in [2.75, 3.05) is 19.6 Å². The van der Waals surface area contributed by atoms with Gasteiger partial charge in [-0.2, -0.15) is 0 Å². The number of likely N-dealkylation sites (tertiary alicyclic amines) is 1. The fourth-order valence-electron chi connectivity index (χ4n) is 5.59. The number of piperidine rings is 2. The van der Waals surface area contributed by atoms with Gasteiger partial charge in [0.05, 0.1) is 12.0 Å². The summed E-state index contributed by atoms with van der Waals surface area (Å²) in [6.45, 7) is 1.88. The van der Waals surface area contributed by atoms with Crippen LogP contribution in [0.1, 0.15) is 42.0 Å². The number of nitrogens with zero attached hydrogens (tertiary/aromatic N) is 2. The minimum Gasteiger partial charge on any atom is -0.338 e. The number of nitrogens with one attached hydrogen (secondary N) is 1. The molecule has 2 aromatic rings. The molecule has 2 saturated heterocycles. The van der Waals surface area contributed by atoms with Crippen LogP contribution in [0.25, 0.3) is 0 Å². The summed E-state index contributed by atoms with van der Waals surface area (Å²) in [7, 11) is 0. The Hall–Kier alpha value is -2.89. The molecule has 5 rings (SSSR count). The van der Waals surface area contributed by atoms with E-state index in [4.69, 9.17) is 0 Å². The zero-order chi connectivity index (χ0) is 21.4. The number of carbonyl (C=O) groups excluding carboxylic acids is 2. The number of rotatable bonds is 3. The molecule has 2 fully saturated rings. The molecule has 3 heterocycles. The monoisotopic (exact) mass is 421 g/mol. The van der Waals surface area contributed by atoms with Crippen molar-refractivity contribution >= 4 is 11.9 Å². The van der Waals surface area contributed by atoms with Gasteiger partial charge in [0.1, 0.15) is 5.82 Å². The lowest BCUT2D eigenvalue weighted by Gasteiger charge is -2.51. The highest BCUT2D eigenvalue weighted by Crippen LogP contribution is 2.43. The molecule has 0 aromatic heterocycles. The van der Waals surface area contributed by atoms with Crippen molar-refractivity contribution in [2.24, 2.45) is 5.92 Å². The number of amides is 3. The van der Waals surface area contributed by atoms with Gasteiger partial charge in [0.15, 0.2) is 0 Å². The largest absolute Gasteiger partial charge is 0.338 e. The van der Waals surface area contributed by atoms with Crippen molar-refractivity contribution in [3.05, 3.63) is 71.0 Å². The van der Waals surface area contributed by atoms with E-state index in [2.05, 4.69) is 17.4 Å². The van der Waals surface area contributed by atoms with Gasteiger partial charge in [-0.15, -0.1) is 0 Å². The van der Waals surface area contributed by atoms with Crippen molar-refractivity contribution in [1.82, 2.24) is 15.1 Å². The third kappa shape index (κ3) is 3.80. The topological polar surface area (TPSA) is 52.7 Å². The molecule has 0 spiro atoms. The van der Waals surface area contributed by atoms with Gasteiger partial charge >= 0.3 is 6.03 Å². The van der Waals surface area contributed by atoms with Crippen molar-refractivity contribution in [3.8, 4) is 0 Å². The van der Waals surface area contributed by atoms with E-state index in [1.165, 1.54) is 11.6 Å². The van der Waals surface area contributed by atoms with Gasteiger partial charge in [-0.1, -0.05) is 36.4 Å². The van der Waals surface area contributed by atoms with Crippen LogP contribution in [0.5, 0.6) is 0 Å². The Morgan fingerprint density at radius 1 is 1.13 bits per heavy atom. The van der Waals surface area contributed by atoms with Crippen LogP contribution in [0.4, 0.5) is 9.18 Å². The molecule has 5 nitrogen and oxygen atoms in total. The van der Waals surface area contributed by atoms with Crippen LogP contribution < -0.4 is 5.32 Å². The van der Waals surface area contributed by atoms with E-state index in [9.17, 15) is 14.0 Å². The molecule has 0 unspecified atom stereocenters. The third-order valence-corrected chi connectivity index (χ3v) is 7.10. The van der Waals surface area contributed by atoms with E-state index in [1.54, 1.807) is 6.07 Å². The summed E-state index contributed by atoms with van der Waals surface area (Å²) in [6.07, 6.45) is 3.87. The number of hydrogen-bond donors (Lipinski definition) is 1. The van der Waals surface area contributed by atoms with Crippen LogP contribution in [-0.2, 0) is 17.6 Å². The Morgan fingerprint density at radius 2 is 1.97 bits per heavy atom. The Morgan fingerprint density at radius 3 is 2.81 bits per heavy atom. The van der Waals surface area contributed by atoms with E-state index < -0.39 is 0 Å². The maximum Gasteiger partial charge on any atom is 0.317 e. The standard InChI is InChI=1S/C25H28FN3O2/c26-19-8-9-20-18(15-19)11-14-28-22(20)16-23-21(24(28)30)7-4-13-29(23)25(31)27-12-10-17-5-2-1-3-6-17/h1-3,5-6,8-9,15,21-23H,4,7,10-14,16H2,(H,27,31)/t21-,22+,23-/m1/s1. The molecule has 0 aliphatic carbocycles. The summed E-state index contributed by atoms with van der Waals surface area (Å²) in [4.78, 5) is 30.2. The molecule has 3 aliphatic rings. The minimum atomic E-state index is -0.232. The second-order valence-corrected chi connectivity index (χ2v) is 8.85. The molecule has 0 bridgehead atoms. The molecule has 1 N–H and O–H groups in total. The summed E-state index contributed by atoms with van der Waals surface area (Å²) in [5, 5.41) is 3.06. The molecule has 3 aliphatic heterocycles. The zero-order valence-corrected chi connectivity index (χ0v) is 17.6. The lowest BCUT2D eigenvalue weighted by atomic mass is 9.76. The number of carbonyl (C=O) groups is 2. The van der Waals surface area contributed by atoms with Crippen LogP contribution >= 0.6 is 0 Å². The summed E-state index contributed by atoms with van der Waals surface area (Å²) in [5.41, 5.74) is 3.21. The van der Waals surface area contributed by atoms with E-state index in [1.807, 2.05) is 34.1 Å². The second kappa shape index (κ2) is 8.33. The Kier molecular flexibility index (Phi) is 5.38. The molecule has 6 heteroatoms. The average Bonchev–Trinajstić information content (AvgIpc) is 2.79. The van der Waals surface area contributed by atoms with E-state index in [-0.39, 0.29) is 35.8 Å². The number of benzene rings is 2. The highest BCUT2D eigenvalue weighted by molar-refractivity contribution is 5.83. The zero-order valence-electron chi connectivity index (χ0n) is 17.6. The van der Waals surface area contributed by atoms with Gasteiger partial charge in [-0.25, -0.2) is 9.18 Å². The van der Waals surface area contributed by atoms with Crippen LogP contribution in [0, 0.1) is 11.7 Å². The smallest absolute Gasteiger partial charge is 0.317 e. The third-order valence-electron chi connectivity index (χ3n) is 7.10. The van der Waals surface area contributed by atoms with E-state index in [0.29, 0.717) is 26.1 Å². The van der Waals surface area contributed by atoms with Crippen molar-refractivity contribution in [2.45, 2.75) is 44.2 Å². The summed E-state index contributed by atoms with van der Waals surface area (Å²) < 4.78 is 13.7. The van der Waals surface area contributed by atoms with E-state index in [0.717, 1.165) is 36.8 Å². The molecule has 3 amide bonds. The lowest BCUT2D eigenvalue weighted by molar-refractivity contribution is -0.148. The van der Waals surface area contributed by atoms with Gasteiger partial charge in [0.25, 0.3) is 0 Å². The van der Waals surface area contributed by atoms with Crippen molar-refractivity contribution in [1.29, 1.82) is 0 Å². The second-order valence-electron chi connectivity index (χ2n) is 8.85. The van der Waals surface area contributed by atoms with Crippen molar-refractivity contribution < 1.29 is 14.0 Å². The fourth-order valence-corrected chi connectivity index (χ4v) is 5.59. The number of fused-ring (bicyclic) bond motifs is 4. The first kappa shape index (κ1) is 20.0. The number of halogens is 1. The number of hydrogen-bond acceptors (Lipinski definition) is 2. The van der Waals surface area contributed by atoms with Gasteiger partial charge in [0, 0.05) is 25.7 Å². The first-order valence-electron chi connectivity index (χ1n) is 11.3. The molecule has 0 saturated carbocycles. The lowest BCUT2D eigenvalue weighted by Crippen LogP contribution is -2.61. The minimum absolute atomic E-state index is 0.0733. The Balaban J connectivity index is 1.31. The molecule has 31 heavy (non-hydrogen) atoms. The highest BCUT2D eigenvalue weighted by Gasteiger charge is 2.48. The maximum absolute atomic E-state index is 13.7. The van der Waals surface area contributed by atoms with Crippen LogP contribution in [0.3, 0.4) is 0 Å². The molecule has 0 radical (unpaired) electrons. The van der Waals surface area contributed by atoms with Gasteiger partial charge in [0.2, 0.25) is 5.91 Å². The van der Waals surface area contributed by atoms with Crippen LogP contribution in [0.2, 0.25) is 0 Å². The van der Waals surface area contributed by atoms with Gasteiger partial charge < -0.3 is 15.1 Å². The van der Waals surface area contributed by atoms with E-state index >= 15 is 0 Å². The fraction of sp³-hybridized carbons (Fsp3) is 0.440. The molecule has 2 aromatic carbocycles. The van der Waals surface area contributed by atoms with Crippen molar-refractivity contribution in [3.63, 3.8) is 0 Å². The van der Waals surface area contributed by atoms with Crippen LogP contribution in [-0.4, -0.2) is 47.4 Å². The SMILES string of the molecule is O=C(NCCc1ccccc1)N1CCC[C@H]2C(=O)N3CCc4cc(F)ccc4[C@@H]3C[C@H]21. The molecule has 3 atom stereocenters. The molecular weight excluding hydrogens is 393 g/mol. The Labute approximate surface area is 182 Å². The average molecular weight is 422 g/mol. The Bertz CT molecular complexity index is 980. The molecular formula is C25H28FN3O2. The summed E-state index contributed by atoms with van der Waals surface area (Å²) in [5.74, 6) is -0.214. The summed E-state index contributed by atoms with van der Waals surface area (Å²) >= 11 is 0. The van der Waals surface area contributed by atoms with Crippen LogP contribution in [0.15, 0.2) is 48.5 Å². The highest BCUT2D eigenvalue weighted by atomic mass is 19.1. The predicted octanol–water partition coefficient (Wildman–Crippen LogP) is 3.69. The van der Waals surface area contributed by atoms with Gasteiger partial charge in [-0.3, -0.25) is 4.79 Å². The quantitative estimate of drug-likeness (QED) is 0.822. The first-order valence-corrected chi connectivity index (χ1v) is 11.3. The maximum atomic E-state index is 13.7. The summed E-state index contributed by atoms with van der Waals surface area (Å²) in [6, 6.07) is 14.7.